The van der Waals surface area contributed by atoms with Crippen molar-refractivity contribution < 1.29 is 35.3 Å². The average Bonchev–Trinajstić information content (AvgIpc) is 3.18. The van der Waals surface area contributed by atoms with E-state index in [0.717, 1.165) is 4.31 Å². The van der Waals surface area contributed by atoms with Crippen LogP contribution in [0.3, 0.4) is 0 Å². The van der Waals surface area contributed by atoms with Crippen molar-refractivity contribution in [1.82, 2.24) is 9.21 Å². The summed E-state index contributed by atoms with van der Waals surface area (Å²) in [5, 5.41) is 11.3. The first kappa shape index (κ1) is 26.8. The maximum atomic E-state index is 13.7. The van der Waals surface area contributed by atoms with E-state index in [9.17, 15) is 31.1 Å². The predicted octanol–water partition coefficient (Wildman–Crippen LogP) is 2.77. The highest BCUT2D eigenvalue weighted by Gasteiger charge is 2.49. The summed E-state index contributed by atoms with van der Waals surface area (Å²) in [4.78, 5) is 14.5. The van der Waals surface area contributed by atoms with E-state index in [1.165, 1.54) is 61.5 Å². The lowest BCUT2D eigenvalue weighted by atomic mass is 9.84. The van der Waals surface area contributed by atoms with Crippen LogP contribution in [0.2, 0.25) is 0 Å². The number of nitrogens with zero attached hydrogens (tertiary/aromatic N) is 3. The normalized spacial score (nSPS) is 19.4. The highest BCUT2D eigenvalue weighted by atomic mass is 32.2. The van der Waals surface area contributed by atoms with Crippen molar-refractivity contribution >= 4 is 31.9 Å². The number of rotatable bonds is 6. The van der Waals surface area contributed by atoms with Crippen molar-refractivity contribution in [2.45, 2.75) is 38.3 Å². The summed E-state index contributed by atoms with van der Waals surface area (Å²) in [6.45, 7) is 5.44. The maximum Gasteiger partial charge on any atom is 0.384 e. The number of amides is 1. The van der Waals surface area contributed by atoms with Gasteiger partial charge < -0.3 is 14.2 Å². The minimum absolute atomic E-state index is 0.0196. The summed E-state index contributed by atoms with van der Waals surface area (Å²) < 4.78 is 73.6. The molecule has 0 unspecified atom stereocenters. The van der Waals surface area contributed by atoms with Crippen molar-refractivity contribution in [2.24, 2.45) is 9.81 Å². The number of sulfonamides is 1. The van der Waals surface area contributed by atoms with Crippen LogP contribution in [0.25, 0.3) is 0 Å². The Morgan fingerprint density at radius 3 is 2.32 bits per heavy atom. The lowest BCUT2D eigenvalue weighted by Crippen LogP contribution is -2.43. The number of fused-ring (bicyclic) bond motifs is 1. The quantitative estimate of drug-likeness (QED) is 0.584. The monoisotopic (exact) mass is 551 g/mol. The Labute approximate surface area is 215 Å². The predicted molar refractivity (Wildman–Crippen MR) is 133 cm³/mol. The molecule has 2 aromatic rings. The topological polar surface area (TPSA) is 134 Å². The summed E-state index contributed by atoms with van der Waals surface area (Å²) in [7, 11) is -6.34. The van der Waals surface area contributed by atoms with E-state index in [2.05, 4.69) is 4.40 Å². The van der Waals surface area contributed by atoms with Gasteiger partial charge in [0, 0.05) is 26.2 Å². The van der Waals surface area contributed by atoms with Crippen LogP contribution in [-0.4, -0.2) is 62.9 Å². The van der Waals surface area contributed by atoms with E-state index in [1.54, 1.807) is 20.8 Å². The third-order valence-corrected chi connectivity index (χ3v) is 8.62. The van der Waals surface area contributed by atoms with Crippen LogP contribution in [0.4, 0.5) is 4.39 Å². The molecule has 0 aromatic heterocycles. The second-order valence-electron chi connectivity index (χ2n) is 9.96. The summed E-state index contributed by atoms with van der Waals surface area (Å²) in [6, 6.07) is 8.58. The molecule has 1 N–H and O–H groups in total. The molecule has 37 heavy (non-hydrogen) atoms. The smallest absolute Gasteiger partial charge is 0.384 e. The minimum atomic E-state index is -4.48. The molecule has 0 fully saturated rings. The van der Waals surface area contributed by atoms with E-state index in [0.29, 0.717) is 5.56 Å². The third kappa shape index (κ3) is 4.74. The molecule has 10 nitrogen and oxygen atoms in total. The Morgan fingerprint density at radius 2 is 1.76 bits per heavy atom. The Kier molecular flexibility index (Phi) is 6.46. The molecule has 1 atom stereocenters. The fourth-order valence-electron chi connectivity index (χ4n) is 4.32. The average molecular weight is 552 g/mol. The number of benzene rings is 2. The molecule has 0 spiro atoms. The van der Waals surface area contributed by atoms with Crippen LogP contribution in [0, 0.1) is 11.2 Å². The van der Waals surface area contributed by atoms with Crippen LogP contribution in [0.15, 0.2) is 63.1 Å². The van der Waals surface area contributed by atoms with E-state index in [4.69, 9.17) is 4.18 Å². The van der Waals surface area contributed by atoms with E-state index >= 15 is 0 Å². The molecule has 0 bridgehead atoms. The first-order valence-corrected chi connectivity index (χ1v) is 13.9. The van der Waals surface area contributed by atoms with Gasteiger partial charge >= 0.3 is 10.3 Å². The first-order valence-electron chi connectivity index (χ1n) is 11.1. The fraction of sp³-hybridized carbons (Fsp3) is 0.333. The molecule has 2 aliphatic heterocycles. The third-order valence-electron chi connectivity index (χ3n) is 5.97. The Morgan fingerprint density at radius 1 is 1.14 bits per heavy atom. The van der Waals surface area contributed by atoms with E-state index < -0.39 is 54.2 Å². The van der Waals surface area contributed by atoms with Crippen LogP contribution >= 0.6 is 0 Å². The number of hydrogen-bond donors (Lipinski definition) is 1. The molecule has 198 valence electrons. The Hall–Kier alpha value is -3.29. The Bertz CT molecular complexity index is 1560. The van der Waals surface area contributed by atoms with Crippen molar-refractivity contribution in [3.05, 3.63) is 70.7 Å². The van der Waals surface area contributed by atoms with Gasteiger partial charge in [-0.1, -0.05) is 45.0 Å². The number of carbonyl (C=O) groups is 1. The molecule has 1 amide bonds. The number of aliphatic hydroxyl groups excluding tert-OH is 1. The summed E-state index contributed by atoms with van der Waals surface area (Å²) in [5.74, 6) is -1.96. The zero-order valence-corrected chi connectivity index (χ0v) is 22.4. The SMILES string of the molecule is CN(C)S(=O)(=O)Oc1cccc2c1S(=O)(=O)N=C2C1=C(O)[C@H](C(C)(C)C)N(Cc2ccc(F)cc2)C1=O. The van der Waals surface area contributed by atoms with Gasteiger partial charge in [0.2, 0.25) is 0 Å². The summed E-state index contributed by atoms with van der Waals surface area (Å²) >= 11 is 0. The van der Waals surface area contributed by atoms with Crippen LogP contribution in [-0.2, 0) is 31.7 Å². The second kappa shape index (κ2) is 8.92. The van der Waals surface area contributed by atoms with Gasteiger partial charge in [0.05, 0.1) is 6.04 Å². The van der Waals surface area contributed by atoms with Crippen molar-refractivity contribution in [2.75, 3.05) is 14.1 Å². The zero-order valence-electron chi connectivity index (χ0n) is 20.8. The Balaban J connectivity index is 1.83. The number of hydrogen-bond acceptors (Lipinski definition) is 7. The molecule has 2 aromatic carbocycles. The highest BCUT2D eigenvalue weighted by molar-refractivity contribution is 7.91. The van der Waals surface area contributed by atoms with Gasteiger partial charge in [0.25, 0.3) is 15.9 Å². The first-order chi connectivity index (χ1) is 17.0. The van der Waals surface area contributed by atoms with E-state index in [1.807, 2.05) is 0 Å². The fourth-order valence-corrected chi connectivity index (χ4v) is 6.22. The van der Waals surface area contributed by atoms with Gasteiger partial charge in [-0.3, -0.25) is 4.79 Å². The van der Waals surface area contributed by atoms with Gasteiger partial charge in [0.15, 0.2) is 5.75 Å². The van der Waals surface area contributed by atoms with Crippen molar-refractivity contribution in [3.8, 4) is 5.75 Å². The number of carbonyl (C=O) groups excluding carboxylic acids is 1. The number of aliphatic hydroxyl groups is 1. The summed E-state index contributed by atoms with van der Waals surface area (Å²) in [6.07, 6.45) is 0. The van der Waals surface area contributed by atoms with Crippen LogP contribution in [0.5, 0.6) is 5.75 Å². The lowest BCUT2D eigenvalue weighted by molar-refractivity contribution is -0.129. The van der Waals surface area contributed by atoms with Crippen molar-refractivity contribution in [1.29, 1.82) is 0 Å². The highest BCUT2D eigenvalue weighted by Crippen LogP contribution is 2.43. The standard InChI is InChI=1S/C24H26FN3O7S2/c1-24(2,3)22-20(29)18(23(30)28(22)13-14-9-11-15(25)12-10-14)19-16-7-6-8-17(21(16)36(31,32)26-19)35-37(33,34)27(4)5/h6-12,22,29H,13H2,1-5H3/t22-/m1/s1. The van der Waals surface area contributed by atoms with E-state index in [-0.39, 0.29) is 29.2 Å². The molecule has 2 aliphatic rings. The molecule has 0 saturated heterocycles. The van der Waals surface area contributed by atoms with Crippen LogP contribution < -0.4 is 4.18 Å². The van der Waals surface area contributed by atoms with Gasteiger partial charge in [-0.15, -0.1) is 0 Å². The van der Waals surface area contributed by atoms with Gasteiger partial charge in [0.1, 0.15) is 27.8 Å². The zero-order chi connectivity index (χ0) is 27.5. The van der Waals surface area contributed by atoms with Gasteiger partial charge in [-0.25, -0.2) is 4.39 Å². The summed E-state index contributed by atoms with van der Waals surface area (Å²) in [5.41, 5.74) is -0.757. The minimum Gasteiger partial charge on any atom is -0.509 e. The molecule has 4 rings (SSSR count). The molecule has 13 heteroatoms. The largest absolute Gasteiger partial charge is 0.509 e. The molecule has 0 saturated carbocycles. The van der Waals surface area contributed by atoms with Crippen LogP contribution in [0.1, 0.15) is 31.9 Å². The van der Waals surface area contributed by atoms with Crippen molar-refractivity contribution in [3.63, 3.8) is 0 Å². The molecule has 2 heterocycles. The maximum absolute atomic E-state index is 13.7. The van der Waals surface area contributed by atoms with Gasteiger partial charge in [-0.2, -0.15) is 25.5 Å². The van der Waals surface area contributed by atoms with Gasteiger partial charge in [-0.05, 0) is 29.2 Å². The molecular formula is C24H26FN3O7S2. The molecule has 0 aliphatic carbocycles. The second-order valence-corrected chi connectivity index (χ2v) is 13.3. The number of halogens is 1. The molecule has 0 radical (unpaired) electrons. The molecular weight excluding hydrogens is 525 g/mol. The lowest BCUT2D eigenvalue weighted by Gasteiger charge is -2.35.